The van der Waals surface area contributed by atoms with Crippen molar-refractivity contribution in [3.63, 3.8) is 0 Å². The Hall–Kier alpha value is -1.59. The van der Waals surface area contributed by atoms with Gasteiger partial charge in [-0.05, 0) is 46.0 Å². The van der Waals surface area contributed by atoms with E-state index >= 15 is 0 Å². The van der Waals surface area contributed by atoms with Crippen molar-refractivity contribution in [2.75, 3.05) is 27.4 Å². The number of hydrogen-bond acceptors (Lipinski definition) is 4. The molecule has 1 aliphatic carbocycles. The second kappa shape index (κ2) is 15.4. The van der Waals surface area contributed by atoms with Crippen LogP contribution >= 0.6 is 0 Å². The normalized spacial score (nSPS) is 15.5. The van der Waals surface area contributed by atoms with E-state index in [2.05, 4.69) is 50.2 Å². The summed E-state index contributed by atoms with van der Waals surface area (Å²) in [4.78, 5) is 0. The maximum absolute atomic E-state index is 5.94. The Balaban J connectivity index is 1.71. The van der Waals surface area contributed by atoms with Crippen LogP contribution in [-0.2, 0) is 24.0 Å². The summed E-state index contributed by atoms with van der Waals surface area (Å²) in [6, 6.07) is 13.8. The fraction of sp³-hybridized carbons (Fsp3) is 0.636. The first-order chi connectivity index (χ1) is 19.2. The minimum atomic E-state index is -0.351. The second-order valence-electron chi connectivity index (χ2n) is 11.6. The highest BCUT2D eigenvalue weighted by Crippen LogP contribution is 2.53. The number of benzene rings is 2. The van der Waals surface area contributed by atoms with Gasteiger partial charge in [0.1, 0.15) is 0 Å². The summed E-state index contributed by atoms with van der Waals surface area (Å²) in [5.41, 5.74) is 7.93. The molecule has 6 heteroatoms. The van der Waals surface area contributed by atoms with Gasteiger partial charge in [-0.3, -0.25) is 0 Å². The first kappa shape index (κ1) is 30.4. The van der Waals surface area contributed by atoms with Crippen molar-refractivity contribution in [3.8, 4) is 11.1 Å². The molecule has 0 radical (unpaired) electrons. The molecule has 4 rings (SSSR count). The summed E-state index contributed by atoms with van der Waals surface area (Å²) in [7, 11) is 2.85. The number of hydrogen-bond donors (Lipinski definition) is 0. The number of unbranched alkanes of at least 4 members (excludes halogenated alkanes) is 10. The summed E-state index contributed by atoms with van der Waals surface area (Å²) < 4.78 is 23.3. The van der Waals surface area contributed by atoms with E-state index in [9.17, 15) is 0 Å². The summed E-state index contributed by atoms with van der Waals surface area (Å²) >= 11 is 0. The molecule has 1 saturated heterocycles. The molecular formula is C33H50B2O4. The molecule has 1 aliphatic heterocycles. The summed E-state index contributed by atoms with van der Waals surface area (Å²) in [5.74, 6) is 0. The predicted octanol–water partition coefficient (Wildman–Crippen LogP) is 7.18. The third-order valence-electron chi connectivity index (χ3n) is 8.92. The lowest BCUT2D eigenvalue weighted by Crippen LogP contribution is -2.37. The van der Waals surface area contributed by atoms with E-state index in [1.807, 2.05) is 0 Å². The Morgan fingerprint density at radius 1 is 0.692 bits per heavy atom. The average Bonchev–Trinajstić information content (AvgIpc) is 3.59. The predicted molar refractivity (Wildman–Crippen MR) is 165 cm³/mol. The van der Waals surface area contributed by atoms with Crippen molar-refractivity contribution in [3.05, 3.63) is 47.5 Å². The topological polar surface area (TPSA) is 36.9 Å². The Labute approximate surface area is 238 Å². The highest BCUT2D eigenvalue weighted by molar-refractivity contribution is 6.62. The van der Waals surface area contributed by atoms with E-state index in [1.165, 1.54) is 112 Å². The molecule has 1 fully saturated rings. The van der Waals surface area contributed by atoms with Gasteiger partial charge in [0.05, 0.1) is 13.2 Å². The molecular weight excluding hydrogens is 482 g/mol. The van der Waals surface area contributed by atoms with E-state index in [0.29, 0.717) is 13.2 Å². The van der Waals surface area contributed by atoms with Gasteiger partial charge in [0.2, 0.25) is 0 Å². The standard InChI is InChI=1S/C33H50B2O4/c1-5-7-9-11-13-15-21-33(22-16-14-12-10-8-6-2)31-25-27(34(36-3)37-4)17-19-29(31)30-20-18-28(26-32(30)33)35-38-23-24-39-35/h17-20,25-26H,5-16,21-24H2,1-4H3. The molecule has 0 spiro atoms. The molecule has 0 saturated carbocycles. The summed E-state index contributed by atoms with van der Waals surface area (Å²) in [6.07, 6.45) is 18.1. The van der Waals surface area contributed by atoms with Crippen LogP contribution in [0.25, 0.3) is 11.1 Å². The zero-order valence-corrected chi connectivity index (χ0v) is 25.1. The lowest BCUT2D eigenvalue weighted by Gasteiger charge is -2.33. The van der Waals surface area contributed by atoms with Crippen LogP contribution in [0, 0.1) is 0 Å². The van der Waals surface area contributed by atoms with Crippen molar-refractivity contribution < 1.29 is 18.6 Å². The summed E-state index contributed by atoms with van der Waals surface area (Å²) in [6.45, 7) is 5.92. The smallest absolute Gasteiger partial charge is 0.410 e. The Morgan fingerprint density at radius 3 is 1.77 bits per heavy atom. The van der Waals surface area contributed by atoms with E-state index < -0.39 is 0 Å². The van der Waals surface area contributed by atoms with Gasteiger partial charge < -0.3 is 18.6 Å². The first-order valence-electron chi connectivity index (χ1n) is 15.8. The van der Waals surface area contributed by atoms with Crippen LogP contribution in [0.4, 0.5) is 0 Å². The SMILES string of the molecule is CCCCCCCCC1(CCCCCCCC)c2cc(B(OC)OC)ccc2-c2ccc(B3OCCO3)cc21. The lowest BCUT2D eigenvalue weighted by atomic mass is 9.67. The van der Waals surface area contributed by atoms with E-state index in [4.69, 9.17) is 18.6 Å². The second-order valence-corrected chi connectivity index (χ2v) is 11.6. The Bertz CT molecular complexity index is 947. The van der Waals surface area contributed by atoms with Crippen molar-refractivity contribution in [2.45, 2.75) is 109 Å². The maximum Gasteiger partial charge on any atom is 0.494 e. The lowest BCUT2D eigenvalue weighted by molar-refractivity contribution is 0.292. The van der Waals surface area contributed by atoms with Crippen molar-refractivity contribution in [2.24, 2.45) is 0 Å². The van der Waals surface area contributed by atoms with E-state index in [-0.39, 0.29) is 19.7 Å². The van der Waals surface area contributed by atoms with Gasteiger partial charge in [-0.1, -0.05) is 127 Å². The van der Waals surface area contributed by atoms with Crippen LogP contribution in [0.15, 0.2) is 36.4 Å². The molecule has 2 aromatic rings. The summed E-state index contributed by atoms with van der Waals surface area (Å²) in [5, 5.41) is 0. The molecule has 212 valence electrons. The highest BCUT2D eigenvalue weighted by Gasteiger charge is 2.44. The van der Waals surface area contributed by atoms with Gasteiger partial charge in [-0.15, -0.1) is 0 Å². The van der Waals surface area contributed by atoms with Crippen LogP contribution < -0.4 is 10.9 Å². The van der Waals surface area contributed by atoms with Crippen LogP contribution in [0.5, 0.6) is 0 Å². The largest absolute Gasteiger partial charge is 0.494 e. The quantitative estimate of drug-likeness (QED) is 0.151. The van der Waals surface area contributed by atoms with Gasteiger partial charge >= 0.3 is 14.2 Å². The zero-order chi connectivity index (χ0) is 27.5. The maximum atomic E-state index is 5.94. The molecule has 0 unspecified atom stereocenters. The van der Waals surface area contributed by atoms with Crippen LogP contribution in [0.2, 0.25) is 0 Å². The van der Waals surface area contributed by atoms with Gasteiger partial charge in [0.15, 0.2) is 0 Å². The van der Waals surface area contributed by atoms with Crippen molar-refractivity contribution >= 4 is 25.2 Å². The first-order valence-corrected chi connectivity index (χ1v) is 15.8. The minimum absolute atomic E-state index is 0.00314. The van der Waals surface area contributed by atoms with Gasteiger partial charge in [0, 0.05) is 19.6 Å². The fourth-order valence-corrected chi connectivity index (χ4v) is 6.82. The number of rotatable bonds is 18. The average molecular weight is 532 g/mol. The van der Waals surface area contributed by atoms with Gasteiger partial charge in [0.25, 0.3) is 0 Å². The molecule has 0 amide bonds. The third-order valence-corrected chi connectivity index (χ3v) is 8.92. The molecule has 39 heavy (non-hydrogen) atoms. The Kier molecular flexibility index (Phi) is 12.0. The molecule has 4 nitrogen and oxygen atoms in total. The molecule has 2 aliphatic rings. The van der Waals surface area contributed by atoms with E-state index in [0.717, 1.165) is 10.9 Å². The fourth-order valence-electron chi connectivity index (χ4n) is 6.82. The minimum Gasteiger partial charge on any atom is -0.410 e. The molecule has 1 heterocycles. The zero-order valence-electron chi connectivity index (χ0n) is 25.1. The van der Waals surface area contributed by atoms with Crippen molar-refractivity contribution in [1.29, 1.82) is 0 Å². The van der Waals surface area contributed by atoms with Gasteiger partial charge in [-0.2, -0.15) is 0 Å². The monoisotopic (exact) mass is 532 g/mol. The molecule has 0 atom stereocenters. The van der Waals surface area contributed by atoms with Crippen LogP contribution in [0.3, 0.4) is 0 Å². The van der Waals surface area contributed by atoms with Crippen LogP contribution in [-0.4, -0.2) is 41.7 Å². The number of fused-ring (bicyclic) bond motifs is 3. The molecule has 0 bridgehead atoms. The molecule has 2 aromatic carbocycles. The third kappa shape index (κ3) is 7.19. The molecule has 0 aromatic heterocycles. The van der Waals surface area contributed by atoms with Gasteiger partial charge in [-0.25, -0.2) is 0 Å². The van der Waals surface area contributed by atoms with E-state index in [1.54, 1.807) is 14.2 Å². The van der Waals surface area contributed by atoms with Crippen molar-refractivity contribution in [1.82, 2.24) is 0 Å². The Morgan fingerprint density at radius 2 is 1.21 bits per heavy atom. The highest BCUT2D eigenvalue weighted by atomic mass is 16.6. The van der Waals surface area contributed by atoms with Crippen LogP contribution in [0.1, 0.15) is 115 Å². The molecule has 0 N–H and O–H groups in total.